The van der Waals surface area contributed by atoms with E-state index in [-0.39, 0.29) is 18.3 Å². The van der Waals surface area contributed by atoms with Gasteiger partial charge in [0.05, 0.1) is 28.3 Å². The number of anilines is 1. The average molecular weight is 477 g/mol. The fraction of sp³-hybridized carbons (Fsp3) is 0.182. The van der Waals surface area contributed by atoms with Crippen LogP contribution >= 0.6 is 0 Å². The Bertz CT molecular complexity index is 1380. The van der Waals surface area contributed by atoms with Crippen LogP contribution in [0.25, 0.3) is 0 Å². The number of carbonyl (C=O) groups excluding carboxylic acids is 1. The Balaban J connectivity index is 1.65. The van der Waals surface area contributed by atoms with Gasteiger partial charge in [0.1, 0.15) is 5.69 Å². The second-order valence-corrected chi connectivity index (χ2v) is 8.72. The molecule has 1 aliphatic heterocycles. The molecule has 0 N–H and O–H groups in total. The van der Waals surface area contributed by atoms with Crippen LogP contribution in [0, 0.1) is 11.8 Å². The van der Waals surface area contributed by atoms with E-state index in [0.29, 0.717) is 16.8 Å². The zero-order chi connectivity index (χ0) is 24.0. The maximum Gasteiger partial charge on any atom is 0.416 e. The van der Waals surface area contributed by atoms with Crippen LogP contribution in [-0.4, -0.2) is 30.7 Å². The van der Waals surface area contributed by atoms with Crippen LogP contribution in [0.1, 0.15) is 40.1 Å². The van der Waals surface area contributed by atoms with Crippen molar-refractivity contribution in [1.82, 2.24) is 9.78 Å². The van der Waals surface area contributed by atoms with E-state index in [0.717, 1.165) is 24.3 Å². The summed E-state index contributed by atoms with van der Waals surface area (Å²) in [6, 6.07) is 8.87. The molecule has 170 valence electrons. The SMILES string of the molecule is C[C@H]1CN(c2ccc(C(F)(F)F)cc2)C(=O)c2c(C#Cc3ccc(S(=O)(=O)F)cc3)cnn21. The molecule has 0 unspecified atom stereocenters. The first-order valence-electron chi connectivity index (χ1n) is 9.58. The molecule has 0 spiro atoms. The molecular weight excluding hydrogens is 462 g/mol. The lowest BCUT2D eigenvalue weighted by molar-refractivity contribution is -0.137. The minimum absolute atomic E-state index is 0.184. The Morgan fingerprint density at radius 1 is 1.03 bits per heavy atom. The minimum Gasteiger partial charge on any atom is -0.305 e. The lowest BCUT2D eigenvalue weighted by Gasteiger charge is -2.32. The first kappa shape index (κ1) is 22.5. The molecule has 0 radical (unpaired) electrons. The Labute approximate surface area is 186 Å². The van der Waals surface area contributed by atoms with Crippen LogP contribution < -0.4 is 4.90 Å². The first-order valence-corrected chi connectivity index (χ1v) is 11.0. The lowest BCUT2D eigenvalue weighted by atomic mass is 10.1. The van der Waals surface area contributed by atoms with Gasteiger partial charge < -0.3 is 4.90 Å². The molecular formula is C22H15F4N3O3S. The van der Waals surface area contributed by atoms with Gasteiger partial charge in [0, 0.05) is 17.8 Å². The first-order chi connectivity index (χ1) is 15.4. The van der Waals surface area contributed by atoms with Gasteiger partial charge in [-0.25, -0.2) is 0 Å². The molecule has 0 fully saturated rings. The number of hydrogen-bond acceptors (Lipinski definition) is 4. The van der Waals surface area contributed by atoms with Gasteiger partial charge in [0.2, 0.25) is 0 Å². The van der Waals surface area contributed by atoms with Crippen LogP contribution in [0.15, 0.2) is 59.6 Å². The number of amides is 1. The van der Waals surface area contributed by atoms with E-state index in [1.807, 2.05) is 6.92 Å². The van der Waals surface area contributed by atoms with E-state index in [2.05, 4.69) is 16.9 Å². The van der Waals surface area contributed by atoms with Crippen molar-refractivity contribution in [3.63, 3.8) is 0 Å². The van der Waals surface area contributed by atoms with Gasteiger partial charge in [0.25, 0.3) is 5.91 Å². The third kappa shape index (κ3) is 4.47. The Morgan fingerprint density at radius 2 is 1.67 bits per heavy atom. The summed E-state index contributed by atoms with van der Waals surface area (Å²) < 4.78 is 74.9. The van der Waals surface area contributed by atoms with Gasteiger partial charge in [-0.2, -0.15) is 26.7 Å². The zero-order valence-electron chi connectivity index (χ0n) is 17.0. The molecule has 0 saturated heterocycles. The van der Waals surface area contributed by atoms with E-state index in [1.165, 1.54) is 40.0 Å². The molecule has 1 aromatic heterocycles. The van der Waals surface area contributed by atoms with Crippen molar-refractivity contribution in [3.8, 4) is 11.8 Å². The summed E-state index contributed by atoms with van der Waals surface area (Å²) in [4.78, 5) is 14.0. The van der Waals surface area contributed by atoms with Crippen molar-refractivity contribution in [2.24, 2.45) is 0 Å². The summed E-state index contributed by atoms with van der Waals surface area (Å²) >= 11 is 0. The number of benzene rings is 2. The number of fused-ring (bicyclic) bond motifs is 1. The third-order valence-corrected chi connectivity index (χ3v) is 5.93. The second-order valence-electron chi connectivity index (χ2n) is 7.37. The van der Waals surface area contributed by atoms with Gasteiger partial charge in [-0.15, -0.1) is 3.89 Å². The molecule has 6 nitrogen and oxygen atoms in total. The van der Waals surface area contributed by atoms with Crippen molar-refractivity contribution in [2.75, 3.05) is 11.4 Å². The number of carbonyl (C=O) groups is 1. The number of aromatic nitrogens is 2. The van der Waals surface area contributed by atoms with Crippen molar-refractivity contribution < 1.29 is 30.3 Å². The zero-order valence-corrected chi connectivity index (χ0v) is 17.8. The second kappa shape index (κ2) is 8.04. The summed E-state index contributed by atoms with van der Waals surface area (Å²) in [5.74, 6) is 5.12. The minimum atomic E-state index is -4.82. The number of nitrogens with zero attached hydrogens (tertiary/aromatic N) is 3. The maximum absolute atomic E-state index is 13.2. The smallest absolute Gasteiger partial charge is 0.305 e. The van der Waals surface area contributed by atoms with Gasteiger partial charge in [-0.1, -0.05) is 11.8 Å². The number of halogens is 4. The van der Waals surface area contributed by atoms with Crippen LogP contribution in [0.2, 0.25) is 0 Å². The number of alkyl halides is 3. The van der Waals surface area contributed by atoms with E-state index >= 15 is 0 Å². The van der Waals surface area contributed by atoms with Gasteiger partial charge >= 0.3 is 16.4 Å². The molecule has 2 aromatic carbocycles. The highest BCUT2D eigenvalue weighted by Gasteiger charge is 2.34. The molecule has 3 aromatic rings. The molecule has 0 saturated carbocycles. The topological polar surface area (TPSA) is 72.3 Å². The van der Waals surface area contributed by atoms with Crippen molar-refractivity contribution in [1.29, 1.82) is 0 Å². The molecule has 0 aliphatic carbocycles. The standard InChI is InChI=1S/C22H15F4N3O3S/c1-14-13-28(18-8-6-17(7-9-18)22(23,24)25)21(30)20-16(12-27-29(14)20)5-2-15-3-10-19(11-4-15)33(26,31)32/h3-4,6-12,14H,13H2,1H3/t14-/m0/s1. The van der Waals surface area contributed by atoms with Crippen LogP contribution in [0.5, 0.6) is 0 Å². The van der Waals surface area contributed by atoms with Gasteiger partial charge in [-0.05, 0) is 55.5 Å². The predicted octanol–water partition coefficient (Wildman–Crippen LogP) is 4.18. The van der Waals surface area contributed by atoms with Crippen molar-refractivity contribution >= 4 is 21.8 Å². The molecule has 1 aliphatic rings. The summed E-state index contributed by atoms with van der Waals surface area (Å²) in [6.45, 7) is 2.03. The summed E-state index contributed by atoms with van der Waals surface area (Å²) in [5, 5.41) is 4.21. The summed E-state index contributed by atoms with van der Waals surface area (Å²) in [6.07, 6.45) is -3.07. The Hall–Kier alpha value is -3.65. The molecule has 2 heterocycles. The van der Waals surface area contributed by atoms with Crippen molar-refractivity contribution in [2.45, 2.75) is 24.0 Å². The van der Waals surface area contributed by atoms with Gasteiger partial charge in [-0.3, -0.25) is 9.48 Å². The normalized spacial score (nSPS) is 16.2. The molecule has 33 heavy (non-hydrogen) atoms. The largest absolute Gasteiger partial charge is 0.416 e. The Morgan fingerprint density at radius 3 is 2.24 bits per heavy atom. The monoisotopic (exact) mass is 477 g/mol. The third-order valence-electron chi connectivity index (χ3n) is 5.09. The molecule has 1 atom stereocenters. The van der Waals surface area contributed by atoms with E-state index in [1.54, 1.807) is 0 Å². The highest BCUT2D eigenvalue weighted by atomic mass is 32.3. The molecule has 11 heteroatoms. The Kier molecular flexibility index (Phi) is 5.49. The predicted molar refractivity (Wildman–Crippen MR) is 111 cm³/mol. The van der Waals surface area contributed by atoms with Gasteiger partial charge in [0.15, 0.2) is 0 Å². The van der Waals surface area contributed by atoms with Crippen LogP contribution in [0.4, 0.5) is 22.7 Å². The number of hydrogen-bond donors (Lipinski definition) is 0. The quantitative estimate of drug-likeness (QED) is 0.315. The fourth-order valence-electron chi connectivity index (χ4n) is 3.45. The van der Waals surface area contributed by atoms with Crippen LogP contribution in [0.3, 0.4) is 0 Å². The average Bonchev–Trinajstić information content (AvgIpc) is 3.19. The maximum atomic E-state index is 13.2. The molecule has 1 amide bonds. The lowest BCUT2D eigenvalue weighted by Crippen LogP contribution is -2.43. The number of rotatable bonds is 2. The highest BCUT2D eigenvalue weighted by Crippen LogP contribution is 2.32. The van der Waals surface area contributed by atoms with E-state index in [4.69, 9.17) is 0 Å². The molecule has 4 rings (SSSR count). The van der Waals surface area contributed by atoms with Crippen molar-refractivity contribution in [3.05, 3.63) is 77.1 Å². The van der Waals surface area contributed by atoms with Crippen LogP contribution in [-0.2, 0) is 16.4 Å². The molecule has 0 bridgehead atoms. The highest BCUT2D eigenvalue weighted by molar-refractivity contribution is 7.86. The summed E-state index contributed by atoms with van der Waals surface area (Å²) in [7, 11) is -4.82. The van der Waals surface area contributed by atoms with E-state index < -0.39 is 32.8 Å². The fourth-order valence-corrected chi connectivity index (χ4v) is 3.91. The van der Waals surface area contributed by atoms with E-state index in [9.17, 15) is 30.3 Å². The summed E-state index contributed by atoms with van der Waals surface area (Å²) in [5.41, 5.74) is 0.370.